The Balaban J connectivity index is 1.32. The van der Waals surface area contributed by atoms with Crippen molar-refractivity contribution in [2.45, 2.75) is 20.1 Å². The third-order valence-electron chi connectivity index (χ3n) is 6.02. The van der Waals surface area contributed by atoms with E-state index >= 15 is 0 Å². The molecule has 0 unspecified atom stereocenters. The van der Waals surface area contributed by atoms with Gasteiger partial charge in [0, 0.05) is 6.08 Å². The van der Waals surface area contributed by atoms with Gasteiger partial charge in [0.15, 0.2) is 11.5 Å². The summed E-state index contributed by atoms with van der Waals surface area (Å²) in [7, 11) is 1.56. The molecule has 206 valence electrons. The van der Waals surface area contributed by atoms with Gasteiger partial charge >= 0.3 is 5.97 Å². The minimum Gasteiger partial charge on any atom is -0.493 e. The van der Waals surface area contributed by atoms with E-state index in [2.05, 4.69) is 5.32 Å². The summed E-state index contributed by atoms with van der Waals surface area (Å²) >= 11 is 0. The fraction of sp³-hybridized carbons (Fsp3) is 0.121. The van der Waals surface area contributed by atoms with E-state index in [1.807, 2.05) is 43.3 Å². The number of nitriles is 1. The van der Waals surface area contributed by atoms with Crippen LogP contribution in [0.5, 0.6) is 17.2 Å². The number of carbonyl (C=O) groups is 2. The number of nitrogens with zero attached hydrogens (tertiary/aromatic N) is 1. The molecule has 1 heterocycles. The molecule has 41 heavy (non-hydrogen) atoms. The van der Waals surface area contributed by atoms with Crippen molar-refractivity contribution in [1.82, 2.24) is 5.32 Å². The summed E-state index contributed by atoms with van der Waals surface area (Å²) < 4.78 is 22.0. The van der Waals surface area contributed by atoms with Crippen molar-refractivity contribution in [2.75, 3.05) is 7.11 Å². The van der Waals surface area contributed by atoms with Gasteiger partial charge in [0.1, 0.15) is 29.8 Å². The Morgan fingerprint density at radius 1 is 0.976 bits per heavy atom. The quantitative estimate of drug-likeness (QED) is 0.106. The number of hydrogen-bond donors (Lipinski definition) is 1. The second kappa shape index (κ2) is 14.0. The lowest BCUT2D eigenvalue weighted by atomic mass is 10.1. The van der Waals surface area contributed by atoms with E-state index < -0.39 is 11.9 Å². The molecule has 1 amide bonds. The molecule has 1 N–H and O–H groups in total. The number of methoxy groups -OCH3 is 1. The van der Waals surface area contributed by atoms with Crippen LogP contribution in [0.2, 0.25) is 0 Å². The number of hydrogen-bond acceptors (Lipinski definition) is 7. The maximum atomic E-state index is 12.4. The van der Waals surface area contributed by atoms with Gasteiger partial charge in [-0.05, 0) is 77.7 Å². The molecule has 0 aliphatic rings. The average molecular weight is 549 g/mol. The predicted octanol–water partition coefficient (Wildman–Crippen LogP) is 6.02. The monoisotopic (exact) mass is 548 g/mol. The summed E-state index contributed by atoms with van der Waals surface area (Å²) in [6.45, 7) is 2.62. The predicted molar refractivity (Wildman–Crippen MR) is 154 cm³/mol. The van der Waals surface area contributed by atoms with Crippen molar-refractivity contribution in [2.24, 2.45) is 0 Å². The van der Waals surface area contributed by atoms with Gasteiger partial charge in [-0.3, -0.25) is 4.79 Å². The van der Waals surface area contributed by atoms with Crippen molar-refractivity contribution in [3.05, 3.63) is 125 Å². The zero-order valence-electron chi connectivity index (χ0n) is 22.6. The van der Waals surface area contributed by atoms with E-state index in [1.165, 1.54) is 18.4 Å². The maximum Gasteiger partial charge on any atom is 0.336 e. The number of furan rings is 1. The largest absolute Gasteiger partial charge is 0.493 e. The third kappa shape index (κ3) is 8.22. The highest BCUT2D eigenvalue weighted by atomic mass is 16.5. The SMILES string of the molecule is COc1cc(/C=C/C(=O)Oc2ccc(/C=C(\C#N)C(=O)NCc3ccco3)cc2)ccc1OCc1ccccc1C. The molecule has 3 aromatic carbocycles. The van der Waals surface area contributed by atoms with Crippen molar-refractivity contribution in [3.63, 3.8) is 0 Å². The number of esters is 1. The van der Waals surface area contributed by atoms with Gasteiger partial charge < -0.3 is 23.9 Å². The number of amides is 1. The lowest BCUT2D eigenvalue weighted by molar-refractivity contribution is -0.128. The molecule has 8 nitrogen and oxygen atoms in total. The summed E-state index contributed by atoms with van der Waals surface area (Å²) in [5.74, 6) is 0.947. The molecule has 0 spiro atoms. The lowest BCUT2D eigenvalue weighted by Crippen LogP contribution is -2.23. The summed E-state index contributed by atoms with van der Waals surface area (Å²) in [4.78, 5) is 24.7. The van der Waals surface area contributed by atoms with Gasteiger partial charge in [-0.25, -0.2) is 4.79 Å². The van der Waals surface area contributed by atoms with Gasteiger partial charge in [-0.1, -0.05) is 42.5 Å². The summed E-state index contributed by atoms with van der Waals surface area (Å²) in [6, 6.07) is 25.2. The van der Waals surface area contributed by atoms with Gasteiger partial charge in [0.05, 0.1) is 19.9 Å². The average Bonchev–Trinajstić information content (AvgIpc) is 3.52. The van der Waals surface area contributed by atoms with Crippen LogP contribution >= 0.6 is 0 Å². The molecule has 4 rings (SSSR count). The van der Waals surface area contributed by atoms with Crippen LogP contribution in [0, 0.1) is 18.3 Å². The first kappa shape index (κ1) is 28.5. The van der Waals surface area contributed by atoms with Crippen LogP contribution < -0.4 is 19.5 Å². The Hall–Kier alpha value is -5.55. The molecule has 0 bridgehead atoms. The molecule has 0 saturated heterocycles. The van der Waals surface area contributed by atoms with Crippen LogP contribution in [0.4, 0.5) is 0 Å². The van der Waals surface area contributed by atoms with E-state index in [1.54, 1.807) is 61.7 Å². The molecule has 8 heteroatoms. The summed E-state index contributed by atoms with van der Waals surface area (Å²) in [5, 5.41) is 12.0. The summed E-state index contributed by atoms with van der Waals surface area (Å²) in [5.41, 5.74) is 3.50. The Kier molecular flexibility index (Phi) is 9.73. The van der Waals surface area contributed by atoms with Gasteiger partial charge in [-0.15, -0.1) is 0 Å². The number of benzene rings is 3. The fourth-order valence-electron chi connectivity index (χ4n) is 3.77. The molecule has 0 aliphatic heterocycles. The van der Waals surface area contributed by atoms with Crippen LogP contribution in [0.25, 0.3) is 12.2 Å². The smallest absolute Gasteiger partial charge is 0.336 e. The molecule has 1 aromatic heterocycles. The van der Waals surface area contributed by atoms with Crippen LogP contribution in [0.15, 0.2) is 101 Å². The maximum absolute atomic E-state index is 12.4. The molecule has 0 radical (unpaired) electrons. The van der Waals surface area contributed by atoms with Crippen LogP contribution in [-0.4, -0.2) is 19.0 Å². The molecule has 0 aliphatic carbocycles. The van der Waals surface area contributed by atoms with Crippen LogP contribution in [0.3, 0.4) is 0 Å². The lowest BCUT2D eigenvalue weighted by Gasteiger charge is -2.12. The van der Waals surface area contributed by atoms with Crippen molar-refractivity contribution >= 4 is 24.0 Å². The van der Waals surface area contributed by atoms with Gasteiger partial charge in [0.2, 0.25) is 0 Å². The minimum absolute atomic E-state index is 0.0636. The van der Waals surface area contributed by atoms with Crippen molar-refractivity contribution < 1.29 is 28.2 Å². The summed E-state index contributed by atoms with van der Waals surface area (Å²) in [6.07, 6.45) is 5.89. The minimum atomic E-state index is -0.567. The highest BCUT2D eigenvalue weighted by Gasteiger charge is 2.10. The molecular formula is C33H28N2O6. The Morgan fingerprint density at radius 2 is 1.76 bits per heavy atom. The zero-order valence-corrected chi connectivity index (χ0v) is 22.6. The number of carbonyl (C=O) groups excluding carboxylic acids is 2. The van der Waals surface area contributed by atoms with Crippen LogP contribution in [-0.2, 0) is 22.7 Å². The fourth-order valence-corrected chi connectivity index (χ4v) is 3.77. The first-order chi connectivity index (χ1) is 19.9. The number of nitrogens with one attached hydrogen (secondary N) is 1. The van der Waals surface area contributed by atoms with Crippen LogP contribution in [0.1, 0.15) is 28.0 Å². The third-order valence-corrected chi connectivity index (χ3v) is 6.02. The first-order valence-electron chi connectivity index (χ1n) is 12.7. The van der Waals surface area contributed by atoms with E-state index in [0.29, 0.717) is 35.2 Å². The van der Waals surface area contributed by atoms with E-state index in [4.69, 9.17) is 18.6 Å². The second-order valence-electron chi connectivity index (χ2n) is 8.88. The first-order valence-corrected chi connectivity index (χ1v) is 12.7. The number of rotatable bonds is 11. The normalized spacial score (nSPS) is 11.1. The van der Waals surface area contributed by atoms with E-state index in [-0.39, 0.29) is 12.1 Å². The molecule has 0 saturated carbocycles. The second-order valence-corrected chi connectivity index (χ2v) is 8.88. The van der Waals surface area contributed by atoms with Crippen molar-refractivity contribution in [1.29, 1.82) is 5.26 Å². The highest BCUT2D eigenvalue weighted by Crippen LogP contribution is 2.29. The molecular weight excluding hydrogens is 520 g/mol. The number of ether oxygens (including phenoxy) is 3. The highest BCUT2D eigenvalue weighted by molar-refractivity contribution is 6.01. The van der Waals surface area contributed by atoms with E-state index in [0.717, 1.165) is 16.7 Å². The molecule has 0 atom stereocenters. The number of aryl methyl sites for hydroxylation is 1. The van der Waals surface area contributed by atoms with Gasteiger partial charge in [0.25, 0.3) is 5.91 Å². The zero-order chi connectivity index (χ0) is 29.0. The Morgan fingerprint density at radius 3 is 2.46 bits per heavy atom. The standard InChI is InChI=1S/C33H28N2O6/c1-23-6-3-4-7-26(23)22-40-30-15-11-25(19-31(30)38-2)12-16-32(36)41-28-13-9-24(10-14-28)18-27(20-34)33(37)35-21-29-8-5-17-39-29/h3-19H,21-22H2,1-2H3,(H,35,37)/b16-12+,27-18+. The topological polar surface area (TPSA) is 111 Å². The Bertz CT molecular complexity index is 1600. The Labute approximate surface area is 238 Å². The van der Waals surface area contributed by atoms with E-state index in [9.17, 15) is 14.9 Å². The molecule has 4 aromatic rings. The van der Waals surface area contributed by atoms with Crippen molar-refractivity contribution in [3.8, 4) is 23.3 Å². The van der Waals surface area contributed by atoms with Gasteiger partial charge in [-0.2, -0.15) is 5.26 Å². The molecule has 0 fully saturated rings.